The highest BCUT2D eigenvalue weighted by molar-refractivity contribution is 5.99. The average molecular weight is 482 g/mol. The van der Waals surface area contributed by atoms with E-state index in [9.17, 15) is 23.9 Å². The largest absolute Gasteiger partial charge is 0.390 e. The van der Waals surface area contributed by atoms with E-state index in [1.165, 1.54) is 24.3 Å². The molecule has 0 saturated carbocycles. The van der Waals surface area contributed by atoms with Crippen LogP contribution in [0, 0.1) is 17.7 Å². The topological polar surface area (TPSA) is 81.2 Å². The van der Waals surface area contributed by atoms with Crippen molar-refractivity contribution in [3.05, 3.63) is 66.0 Å². The number of hydrogen-bond acceptors (Lipinski definition) is 5. The number of Topliss-reactive ketones (excluding diaryl/α,β-unsaturated/α-hetero) is 1. The number of aliphatic hydroxyl groups excluding tert-OH is 1. The van der Waals surface area contributed by atoms with Crippen molar-refractivity contribution in [2.75, 3.05) is 44.7 Å². The first kappa shape index (κ1) is 25.0. The first-order valence-electron chi connectivity index (χ1n) is 12.1. The Bertz CT molecular complexity index is 1040. The van der Waals surface area contributed by atoms with Gasteiger partial charge in [-0.3, -0.25) is 14.4 Å². The van der Waals surface area contributed by atoms with Gasteiger partial charge in [0, 0.05) is 43.7 Å². The molecule has 2 aliphatic rings. The van der Waals surface area contributed by atoms with Gasteiger partial charge < -0.3 is 19.8 Å². The maximum Gasteiger partial charge on any atom is 0.232 e. The third-order valence-corrected chi connectivity index (χ3v) is 6.97. The number of carbonyl (C=O) groups is 3. The molecule has 0 aromatic heterocycles. The van der Waals surface area contributed by atoms with E-state index in [2.05, 4.69) is 4.90 Å². The Hall–Kier alpha value is -3.10. The van der Waals surface area contributed by atoms with Crippen molar-refractivity contribution in [3.8, 4) is 0 Å². The summed E-state index contributed by atoms with van der Waals surface area (Å²) in [6.07, 6.45) is 0.740. The maximum atomic E-state index is 13.3. The van der Waals surface area contributed by atoms with Gasteiger partial charge in [-0.2, -0.15) is 0 Å². The molecule has 2 saturated heterocycles. The number of anilines is 1. The molecule has 186 valence electrons. The van der Waals surface area contributed by atoms with Crippen LogP contribution in [0.2, 0.25) is 0 Å². The second kappa shape index (κ2) is 11.1. The highest BCUT2D eigenvalue weighted by Crippen LogP contribution is 2.25. The molecule has 0 spiro atoms. The number of amides is 2. The molecule has 8 heteroatoms. The lowest BCUT2D eigenvalue weighted by Crippen LogP contribution is -2.47. The molecule has 2 aromatic rings. The van der Waals surface area contributed by atoms with Gasteiger partial charge in [-0.15, -0.1) is 0 Å². The van der Waals surface area contributed by atoms with E-state index in [0.717, 1.165) is 0 Å². The van der Waals surface area contributed by atoms with Gasteiger partial charge in [-0.1, -0.05) is 18.2 Å². The Morgan fingerprint density at radius 2 is 1.71 bits per heavy atom. The summed E-state index contributed by atoms with van der Waals surface area (Å²) >= 11 is 0. The van der Waals surface area contributed by atoms with Crippen molar-refractivity contribution in [2.45, 2.75) is 25.4 Å². The molecule has 0 aliphatic carbocycles. The lowest BCUT2D eigenvalue weighted by molar-refractivity contribution is -0.127. The highest BCUT2D eigenvalue weighted by Gasteiger charge is 2.36. The third kappa shape index (κ3) is 6.13. The van der Waals surface area contributed by atoms with E-state index < -0.39 is 12.0 Å². The molecule has 2 aliphatic heterocycles. The van der Waals surface area contributed by atoms with Crippen LogP contribution in [0.5, 0.6) is 0 Å². The fraction of sp³-hybridized carbons (Fsp3) is 0.444. The standard InChI is InChI=1S/C27H32FN3O4/c1-29-16-21(15-25(29)33)27(35)31(23-5-3-2-4-6-23)18-24(32)17-30-13-11-20(12-14-30)26(34)19-7-9-22(28)10-8-19/h2-10,20-21,24,32H,11-18H2,1H3. The van der Waals surface area contributed by atoms with Gasteiger partial charge in [0.1, 0.15) is 5.82 Å². The Balaban J connectivity index is 1.34. The van der Waals surface area contributed by atoms with Crippen LogP contribution in [0.3, 0.4) is 0 Å². The van der Waals surface area contributed by atoms with Crippen molar-refractivity contribution in [3.63, 3.8) is 0 Å². The fourth-order valence-electron chi connectivity index (χ4n) is 4.97. The number of nitrogens with zero attached hydrogens (tertiary/aromatic N) is 3. The minimum atomic E-state index is -0.779. The van der Waals surface area contributed by atoms with Crippen LogP contribution in [0.25, 0.3) is 0 Å². The van der Waals surface area contributed by atoms with E-state index in [1.807, 2.05) is 30.3 Å². The Morgan fingerprint density at radius 1 is 1.06 bits per heavy atom. The number of carbonyl (C=O) groups excluding carboxylic acids is 3. The van der Waals surface area contributed by atoms with E-state index in [1.54, 1.807) is 16.8 Å². The van der Waals surface area contributed by atoms with Crippen LogP contribution < -0.4 is 4.90 Å². The number of rotatable bonds is 8. The molecule has 2 unspecified atom stereocenters. The number of β-amino-alcohol motifs (C(OH)–C–C–N with tert-alkyl or cyclic N) is 1. The van der Waals surface area contributed by atoms with Crippen LogP contribution in [-0.2, 0) is 9.59 Å². The number of piperidine rings is 1. The van der Waals surface area contributed by atoms with Gasteiger partial charge in [-0.05, 0) is 62.3 Å². The minimum Gasteiger partial charge on any atom is -0.390 e. The Morgan fingerprint density at radius 3 is 2.31 bits per heavy atom. The van der Waals surface area contributed by atoms with Crippen molar-refractivity contribution in [2.24, 2.45) is 11.8 Å². The monoisotopic (exact) mass is 481 g/mol. The maximum absolute atomic E-state index is 13.3. The second-order valence-electron chi connectivity index (χ2n) is 9.56. The Labute approximate surface area is 205 Å². The van der Waals surface area contributed by atoms with Crippen LogP contribution in [0.15, 0.2) is 54.6 Å². The van der Waals surface area contributed by atoms with Gasteiger partial charge >= 0.3 is 0 Å². The molecule has 0 radical (unpaired) electrons. The van der Waals surface area contributed by atoms with Gasteiger partial charge in [0.15, 0.2) is 5.78 Å². The predicted molar refractivity (Wildman–Crippen MR) is 130 cm³/mol. The smallest absolute Gasteiger partial charge is 0.232 e. The summed E-state index contributed by atoms with van der Waals surface area (Å²) in [5.41, 5.74) is 1.22. The number of ketones is 1. The summed E-state index contributed by atoms with van der Waals surface area (Å²) in [5.74, 6) is -1.07. The summed E-state index contributed by atoms with van der Waals surface area (Å²) < 4.78 is 13.2. The number of likely N-dealkylation sites (tertiary alicyclic amines) is 2. The first-order chi connectivity index (χ1) is 16.8. The summed E-state index contributed by atoms with van der Waals surface area (Å²) in [5, 5.41) is 10.9. The van der Waals surface area contributed by atoms with E-state index >= 15 is 0 Å². The molecule has 0 bridgehead atoms. The van der Waals surface area contributed by atoms with Crippen LogP contribution >= 0.6 is 0 Å². The van der Waals surface area contributed by atoms with Crippen molar-refractivity contribution < 1.29 is 23.9 Å². The van der Waals surface area contributed by atoms with E-state index in [-0.39, 0.29) is 42.3 Å². The van der Waals surface area contributed by atoms with Gasteiger partial charge in [0.2, 0.25) is 11.8 Å². The van der Waals surface area contributed by atoms with Gasteiger partial charge in [0.25, 0.3) is 0 Å². The molecular formula is C27H32FN3O4. The second-order valence-corrected chi connectivity index (χ2v) is 9.56. The first-order valence-corrected chi connectivity index (χ1v) is 12.1. The molecule has 2 aromatic carbocycles. The number of hydrogen-bond donors (Lipinski definition) is 1. The quantitative estimate of drug-likeness (QED) is 0.587. The summed E-state index contributed by atoms with van der Waals surface area (Å²) in [4.78, 5) is 43.3. The van der Waals surface area contributed by atoms with E-state index in [4.69, 9.17) is 0 Å². The predicted octanol–water partition coefficient (Wildman–Crippen LogP) is 2.59. The van der Waals surface area contributed by atoms with Crippen molar-refractivity contribution in [1.82, 2.24) is 9.80 Å². The highest BCUT2D eigenvalue weighted by atomic mass is 19.1. The van der Waals surface area contributed by atoms with Crippen LogP contribution in [0.1, 0.15) is 29.6 Å². The van der Waals surface area contributed by atoms with E-state index in [0.29, 0.717) is 50.3 Å². The zero-order valence-corrected chi connectivity index (χ0v) is 20.0. The van der Waals surface area contributed by atoms with Crippen molar-refractivity contribution in [1.29, 1.82) is 0 Å². The fourth-order valence-corrected chi connectivity index (χ4v) is 4.97. The summed E-state index contributed by atoms with van der Waals surface area (Å²) in [7, 11) is 1.70. The zero-order valence-electron chi connectivity index (χ0n) is 20.0. The average Bonchev–Trinajstić information content (AvgIpc) is 3.21. The number of para-hydroxylation sites is 1. The number of benzene rings is 2. The molecule has 7 nitrogen and oxygen atoms in total. The zero-order chi connectivity index (χ0) is 24.9. The lowest BCUT2D eigenvalue weighted by Gasteiger charge is -2.34. The van der Waals surface area contributed by atoms with Crippen LogP contribution in [-0.4, -0.2) is 78.4 Å². The molecule has 1 N–H and O–H groups in total. The number of aliphatic hydroxyl groups is 1. The molecular weight excluding hydrogens is 449 g/mol. The lowest BCUT2D eigenvalue weighted by atomic mass is 9.89. The SMILES string of the molecule is CN1CC(C(=O)N(CC(O)CN2CCC(C(=O)c3ccc(F)cc3)CC2)c2ccccc2)CC1=O. The van der Waals surface area contributed by atoms with Gasteiger partial charge in [0.05, 0.1) is 18.6 Å². The summed E-state index contributed by atoms with van der Waals surface area (Å²) in [6.45, 7) is 2.22. The third-order valence-electron chi connectivity index (χ3n) is 6.97. The molecule has 2 amide bonds. The minimum absolute atomic E-state index is 0.0297. The molecule has 35 heavy (non-hydrogen) atoms. The number of halogens is 1. The van der Waals surface area contributed by atoms with Gasteiger partial charge in [-0.25, -0.2) is 4.39 Å². The molecule has 2 atom stereocenters. The summed E-state index contributed by atoms with van der Waals surface area (Å²) in [6, 6.07) is 14.9. The van der Waals surface area contributed by atoms with Crippen molar-refractivity contribution >= 4 is 23.3 Å². The normalized spacial score (nSPS) is 20.1. The molecule has 2 heterocycles. The Kier molecular flexibility index (Phi) is 7.93. The molecule has 4 rings (SSSR count). The molecule has 2 fully saturated rings. The van der Waals surface area contributed by atoms with Crippen LogP contribution in [0.4, 0.5) is 10.1 Å².